The highest BCUT2D eigenvalue weighted by molar-refractivity contribution is 9.10. The predicted octanol–water partition coefficient (Wildman–Crippen LogP) is 3.65. The van der Waals surface area contributed by atoms with Crippen LogP contribution >= 0.6 is 27.5 Å². The number of benzene rings is 1. The zero-order valence-corrected chi connectivity index (χ0v) is 8.35. The summed E-state index contributed by atoms with van der Waals surface area (Å²) in [5.41, 5.74) is 0.742. The highest BCUT2D eigenvalue weighted by atomic mass is 79.9. The van der Waals surface area contributed by atoms with Gasteiger partial charge in [0.15, 0.2) is 0 Å². The maximum atomic E-state index is 7.38. The van der Waals surface area contributed by atoms with E-state index in [0.29, 0.717) is 5.02 Å². The van der Waals surface area contributed by atoms with Gasteiger partial charge in [0.25, 0.3) is 0 Å². The topological polar surface area (TPSA) is 12.9 Å². The number of hydrogen-bond acceptors (Lipinski definition) is 1. The van der Waals surface area contributed by atoms with E-state index in [4.69, 9.17) is 13.0 Å². The first kappa shape index (κ1) is 6.87. The van der Waals surface area contributed by atoms with Crippen LogP contribution in [0.2, 0.25) is 5.02 Å². The van der Waals surface area contributed by atoms with Crippen LogP contribution in [0, 0.1) is 0 Å². The van der Waals surface area contributed by atoms with Crippen molar-refractivity contribution in [2.45, 2.75) is 0 Å². The lowest BCUT2D eigenvalue weighted by Crippen LogP contribution is -1.78. The van der Waals surface area contributed by atoms with E-state index in [0.717, 1.165) is 15.4 Å². The third-order valence-corrected chi connectivity index (χ3v) is 2.40. The predicted molar refractivity (Wildman–Crippen MR) is 54.5 cm³/mol. The highest BCUT2D eigenvalue weighted by Crippen LogP contribution is 2.23. The second kappa shape index (κ2) is 3.04. The number of halogens is 2. The smallest absolute Gasteiger partial charge is 0.0841 e. The zero-order chi connectivity index (χ0) is 9.42. The fraction of sp³-hybridized carbons (Fsp3) is 0. The Labute approximate surface area is 84.9 Å². The molecule has 1 aromatic heterocycles. The average molecular weight is 244 g/mol. The molecule has 0 fully saturated rings. The molecule has 60 valence electrons. The minimum atomic E-state index is 0.190. The van der Waals surface area contributed by atoms with Crippen LogP contribution in [0.4, 0.5) is 0 Å². The number of nitrogens with zero attached hydrogens (tertiary/aromatic N) is 1. The Bertz CT molecular complexity index is 467. The molecule has 0 radical (unpaired) electrons. The summed E-state index contributed by atoms with van der Waals surface area (Å²) in [6.45, 7) is 0. The van der Waals surface area contributed by atoms with E-state index in [1.807, 2.05) is 18.2 Å². The first-order chi connectivity index (χ1) is 6.16. The molecule has 0 spiro atoms. The van der Waals surface area contributed by atoms with Crippen molar-refractivity contribution in [3.63, 3.8) is 0 Å². The minimum Gasteiger partial charge on any atom is -0.256 e. The molecular weight excluding hydrogens is 237 g/mol. The SMILES string of the molecule is [2H]c1cc(Cl)c2ccc(Br)cc2n1. The Kier molecular flexibility index (Phi) is 1.74. The third-order valence-electron chi connectivity index (χ3n) is 1.59. The van der Waals surface area contributed by atoms with Crippen molar-refractivity contribution in [2.24, 2.45) is 0 Å². The van der Waals surface area contributed by atoms with Crippen LogP contribution in [0.3, 0.4) is 0 Å². The van der Waals surface area contributed by atoms with Crippen molar-refractivity contribution in [3.05, 3.63) is 39.9 Å². The van der Waals surface area contributed by atoms with Crippen molar-refractivity contribution in [3.8, 4) is 0 Å². The van der Waals surface area contributed by atoms with Gasteiger partial charge >= 0.3 is 0 Å². The van der Waals surface area contributed by atoms with Crippen LogP contribution in [0.25, 0.3) is 10.9 Å². The van der Waals surface area contributed by atoms with Crippen LogP contribution < -0.4 is 0 Å². The number of pyridine rings is 1. The van der Waals surface area contributed by atoms with Gasteiger partial charge in [0, 0.05) is 16.0 Å². The fourth-order valence-corrected chi connectivity index (χ4v) is 1.59. The monoisotopic (exact) mass is 242 g/mol. The van der Waals surface area contributed by atoms with Crippen LogP contribution in [0.1, 0.15) is 1.37 Å². The fourth-order valence-electron chi connectivity index (χ4n) is 1.04. The molecule has 0 bridgehead atoms. The van der Waals surface area contributed by atoms with Gasteiger partial charge in [-0.1, -0.05) is 33.6 Å². The molecule has 1 heterocycles. The molecule has 0 saturated carbocycles. The summed E-state index contributed by atoms with van der Waals surface area (Å²) in [5, 5.41) is 1.45. The van der Waals surface area contributed by atoms with Gasteiger partial charge in [-0.25, -0.2) is 0 Å². The first-order valence-corrected chi connectivity index (χ1v) is 4.56. The normalized spacial score (nSPS) is 11.7. The Morgan fingerprint density at radius 3 is 3.08 bits per heavy atom. The zero-order valence-electron chi connectivity index (χ0n) is 7.01. The Morgan fingerprint density at radius 1 is 1.42 bits per heavy atom. The van der Waals surface area contributed by atoms with Crippen LogP contribution in [-0.2, 0) is 0 Å². The van der Waals surface area contributed by atoms with Crippen LogP contribution in [-0.4, -0.2) is 4.98 Å². The summed E-state index contributed by atoms with van der Waals surface area (Å²) in [5.74, 6) is 0. The molecule has 0 amide bonds. The Hall–Kier alpha value is -0.600. The van der Waals surface area contributed by atoms with Gasteiger partial charge < -0.3 is 0 Å². The Morgan fingerprint density at radius 2 is 2.25 bits per heavy atom. The molecule has 1 aromatic carbocycles. The highest BCUT2D eigenvalue weighted by Gasteiger charge is 1.98. The molecule has 0 aliphatic rings. The van der Waals surface area contributed by atoms with Gasteiger partial charge in [0.2, 0.25) is 0 Å². The van der Waals surface area contributed by atoms with Crippen molar-refractivity contribution in [1.29, 1.82) is 0 Å². The molecule has 12 heavy (non-hydrogen) atoms. The molecule has 1 nitrogen and oxygen atoms in total. The van der Waals surface area contributed by atoms with E-state index in [9.17, 15) is 0 Å². The van der Waals surface area contributed by atoms with Gasteiger partial charge in [-0.3, -0.25) is 4.98 Å². The van der Waals surface area contributed by atoms with E-state index >= 15 is 0 Å². The number of fused-ring (bicyclic) bond motifs is 1. The van der Waals surface area contributed by atoms with Crippen molar-refractivity contribution < 1.29 is 1.37 Å². The lowest BCUT2D eigenvalue weighted by atomic mass is 10.2. The van der Waals surface area contributed by atoms with Crippen molar-refractivity contribution >= 4 is 38.4 Å². The lowest BCUT2D eigenvalue weighted by Gasteiger charge is -1.98. The van der Waals surface area contributed by atoms with E-state index in [-0.39, 0.29) is 6.17 Å². The lowest BCUT2D eigenvalue weighted by molar-refractivity contribution is 1.41. The van der Waals surface area contributed by atoms with Gasteiger partial charge in [-0.15, -0.1) is 0 Å². The average Bonchev–Trinajstić information content (AvgIpc) is 2.02. The minimum absolute atomic E-state index is 0.190. The Balaban J connectivity index is 2.86. The van der Waals surface area contributed by atoms with Crippen molar-refractivity contribution in [2.75, 3.05) is 0 Å². The molecule has 0 aliphatic carbocycles. The third kappa shape index (κ3) is 1.32. The molecule has 0 aliphatic heterocycles. The quantitative estimate of drug-likeness (QED) is 0.688. The second-order valence-electron chi connectivity index (χ2n) is 2.39. The van der Waals surface area contributed by atoms with Gasteiger partial charge in [0.1, 0.15) is 0 Å². The molecule has 0 unspecified atom stereocenters. The second-order valence-corrected chi connectivity index (χ2v) is 3.72. The molecule has 2 rings (SSSR count). The summed E-state index contributed by atoms with van der Waals surface area (Å²) in [4.78, 5) is 4.05. The molecule has 0 N–H and O–H groups in total. The largest absolute Gasteiger partial charge is 0.256 e. The van der Waals surface area contributed by atoms with Gasteiger partial charge in [0.05, 0.1) is 11.9 Å². The van der Waals surface area contributed by atoms with Crippen LogP contribution in [0.15, 0.2) is 34.9 Å². The summed E-state index contributed by atoms with van der Waals surface area (Å²) < 4.78 is 8.32. The molecule has 0 saturated heterocycles. The van der Waals surface area contributed by atoms with Crippen LogP contribution in [0.5, 0.6) is 0 Å². The van der Waals surface area contributed by atoms with E-state index in [2.05, 4.69) is 20.9 Å². The van der Waals surface area contributed by atoms with Gasteiger partial charge in [-0.2, -0.15) is 0 Å². The van der Waals surface area contributed by atoms with Gasteiger partial charge in [-0.05, 0) is 18.2 Å². The maximum Gasteiger partial charge on any atom is 0.0841 e. The summed E-state index contributed by atoms with van der Waals surface area (Å²) in [7, 11) is 0. The molecule has 3 heteroatoms. The molecular formula is C9H5BrClN. The number of hydrogen-bond donors (Lipinski definition) is 0. The first-order valence-electron chi connectivity index (χ1n) is 3.89. The summed E-state index contributed by atoms with van der Waals surface area (Å²) >= 11 is 9.28. The molecule has 0 atom stereocenters. The van der Waals surface area contributed by atoms with E-state index in [1.165, 1.54) is 6.07 Å². The van der Waals surface area contributed by atoms with E-state index < -0.39 is 0 Å². The molecule has 2 aromatic rings. The van der Waals surface area contributed by atoms with Crippen molar-refractivity contribution in [1.82, 2.24) is 4.98 Å². The van der Waals surface area contributed by atoms with E-state index in [1.54, 1.807) is 0 Å². The number of rotatable bonds is 0. The summed E-state index contributed by atoms with van der Waals surface area (Å²) in [6, 6.07) is 7.17. The standard InChI is InChI=1S/C9H5BrClN/c10-6-1-2-7-8(11)3-4-12-9(7)5-6/h1-5H/i4D. The maximum absolute atomic E-state index is 7.38. The summed E-state index contributed by atoms with van der Waals surface area (Å²) in [6.07, 6.45) is 0.190. The number of aromatic nitrogens is 1.